The van der Waals surface area contributed by atoms with Gasteiger partial charge >= 0.3 is 0 Å². The van der Waals surface area contributed by atoms with Gasteiger partial charge in [0.25, 0.3) is 0 Å². The van der Waals surface area contributed by atoms with Crippen molar-refractivity contribution in [1.29, 1.82) is 0 Å². The van der Waals surface area contributed by atoms with E-state index in [-0.39, 0.29) is 0 Å². The Hall–Kier alpha value is -1.98. The Bertz CT molecular complexity index is 690. The van der Waals surface area contributed by atoms with Crippen molar-refractivity contribution in [3.63, 3.8) is 0 Å². The second-order valence-corrected chi connectivity index (χ2v) is 6.18. The molecule has 0 saturated heterocycles. The molecule has 1 aliphatic rings. The zero-order valence-corrected chi connectivity index (χ0v) is 13.8. The highest BCUT2D eigenvalue weighted by Crippen LogP contribution is 2.31. The molecule has 0 radical (unpaired) electrons. The lowest BCUT2D eigenvalue weighted by Crippen LogP contribution is -2.35. The molecule has 3 rings (SSSR count). The Balaban J connectivity index is 1.61. The first kappa shape index (κ1) is 15.9. The number of rotatable bonds is 5. The average Bonchev–Trinajstić information content (AvgIpc) is 2.86. The molecule has 0 spiro atoms. The van der Waals surface area contributed by atoms with Crippen LogP contribution >= 0.6 is 0 Å². The van der Waals surface area contributed by atoms with E-state index in [1.165, 1.54) is 0 Å². The van der Waals surface area contributed by atoms with Gasteiger partial charge in [-0.05, 0) is 44.5 Å². The molecule has 5 nitrogen and oxygen atoms in total. The van der Waals surface area contributed by atoms with Crippen LogP contribution in [0.5, 0.6) is 11.5 Å². The molecule has 0 amide bonds. The summed E-state index contributed by atoms with van der Waals surface area (Å²) in [7, 11) is 0. The van der Waals surface area contributed by atoms with Crippen molar-refractivity contribution in [2.45, 2.75) is 32.9 Å². The Morgan fingerprint density at radius 3 is 2.57 bits per heavy atom. The predicted molar refractivity (Wildman–Crippen MR) is 86.9 cm³/mol. The molecule has 1 atom stereocenters. The van der Waals surface area contributed by atoms with Gasteiger partial charge in [0.05, 0.1) is 0 Å². The number of hydrogen-bond donors (Lipinski definition) is 2. The van der Waals surface area contributed by atoms with E-state index < -0.39 is 5.60 Å². The number of aryl methyl sites for hydroxylation is 2. The third kappa shape index (κ3) is 3.51. The van der Waals surface area contributed by atoms with Gasteiger partial charge in [0.1, 0.15) is 30.3 Å². The summed E-state index contributed by atoms with van der Waals surface area (Å²) >= 11 is 0. The molecule has 124 valence electrons. The van der Waals surface area contributed by atoms with Crippen molar-refractivity contribution < 1.29 is 19.0 Å². The summed E-state index contributed by atoms with van der Waals surface area (Å²) in [6, 6.07) is 7.79. The first-order valence-corrected chi connectivity index (χ1v) is 7.85. The Kier molecular flexibility index (Phi) is 4.33. The summed E-state index contributed by atoms with van der Waals surface area (Å²) in [6.07, 6.45) is 0. The van der Waals surface area contributed by atoms with Crippen molar-refractivity contribution in [3.05, 3.63) is 46.9 Å². The Morgan fingerprint density at radius 1 is 1.13 bits per heavy atom. The minimum absolute atomic E-state index is 0.432. The fourth-order valence-electron chi connectivity index (χ4n) is 2.91. The summed E-state index contributed by atoms with van der Waals surface area (Å²) in [6.45, 7) is 7.80. The van der Waals surface area contributed by atoms with E-state index in [9.17, 15) is 5.11 Å². The van der Waals surface area contributed by atoms with E-state index in [0.29, 0.717) is 26.3 Å². The van der Waals surface area contributed by atoms with Crippen molar-refractivity contribution in [1.82, 2.24) is 5.32 Å². The number of furan rings is 1. The smallest absolute Gasteiger partial charge is 0.161 e. The molecule has 1 aromatic carbocycles. The van der Waals surface area contributed by atoms with Gasteiger partial charge in [0, 0.05) is 18.7 Å². The Morgan fingerprint density at radius 2 is 1.87 bits per heavy atom. The second-order valence-electron chi connectivity index (χ2n) is 6.18. The molecule has 0 fully saturated rings. The van der Waals surface area contributed by atoms with Crippen LogP contribution in [0.15, 0.2) is 28.7 Å². The van der Waals surface area contributed by atoms with Gasteiger partial charge in [0.15, 0.2) is 11.5 Å². The van der Waals surface area contributed by atoms with Crippen LogP contribution in [0.4, 0.5) is 0 Å². The number of aliphatic hydroxyl groups is 1. The summed E-state index contributed by atoms with van der Waals surface area (Å²) in [5.74, 6) is 3.14. The number of nitrogens with one attached hydrogen (secondary N) is 1. The van der Waals surface area contributed by atoms with Crippen LogP contribution in [0, 0.1) is 13.8 Å². The van der Waals surface area contributed by atoms with E-state index in [2.05, 4.69) is 5.32 Å². The molecule has 5 heteroatoms. The largest absolute Gasteiger partial charge is 0.486 e. The molecule has 2 heterocycles. The Labute approximate surface area is 136 Å². The number of benzene rings is 1. The molecule has 1 aromatic heterocycles. The van der Waals surface area contributed by atoms with Gasteiger partial charge < -0.3 is 24.3 Å². The molecule has 0 aliphatic carbocycles. The molecule has 1 unspecified atom stereocenters. The first-order valence-electron chi connectivity index (χ1n) is 7.85. The number of fused-ring (bicyclic) bond motifs is 1. The third-order valence-electron chi connectivity index (χ3n) is 4.03. The molecule has 2 aromatic rings. The summed E-state index contributed by atoms with van der Waals surface area (Å²) in [4.78, 5) is 0. The van der Waals surface area contributed by atoms with Crippen molar-refractivity contribution in [3.8, 4) is 11.5 Å². The van der Waals surface area contributed by atoms with E-state index in [4.69, 9.17) is 13.9 Å². The van der Waals surface area contributed by atoms with E-state index in [0.717, 1.165) is 34.1 Å². The normalized spacial score (nSPS) is 16.2. The highest BCUT2D eigenvalue weighted by atomic mass is 16.6. The zero-order valence-electron chi connectivity index (χ0n) is 13.8. The third-order valence-corrected chi connectivity index (χ3v) is 4.03. The van der Waals surface area contributed by atoms with Crippen molar-refractivity contribution >= 4 is 0 Å². The van der Waals surface area contributed by atoms with Crippen LogP contribution in [-0.2, 0) is 12.1 Å². The lowest BCUT2D eigenvalue weighted by atomic mass is 9.96. The maximum absolute atomic E-state index is 10.7. The molecule has 2 N–H and O–H groups in total. The topological polar surface area (TPSA) is 63.9 Å². The lowest BCUT2D eigenvalue weighted by molar-refractivity contribution is 0.0552. The van der Waals surface area contributed by atoms with E-state index >= 15 is 0 Å². The van der Waals surface area contributed by atoms with Gasteiger partial charge in [0.2, 0.25) is 0 Å². The van der Waals surface area contributed by atoms with Gasteiger partial charge in [-0.1, -0.05) is 6.07 Å². The monoisotopic (exact) mass is 317 g/mol. The quantitative estimate of drug-likeness (QED) is 0.887. The lowest BCUT2D eigenvalue weighted by Gasteiger charge is -2.24. The highest BCUT2D eigenvalue weighted by Gasteiger charge is 2.27. The summed E-state index contributed by atoms with van der Waals surface area (Å²) in [5, 5.41) is 14.0. The molecule has 0 saturated carbocycles. The standard InChI is InChI=1S/C18H23NO4/c1-12-8-15(13(2)23-12)18(3,20)11-19-10-14-4-5-16-17(9-14)22-7-6-21-16/h4-5,8-9,19-20H,6-7,10-11H2,1-3H3. The second kappa shape index (κ2) is 6.26. The number of hydrogen-bond acceptors (Lipinski definition) is 5. The molecule has 1 aliphatic heterocycles. The van der Waals surface area contributed by atoms with Crippen LogP contribution in [0.25, 0.3) is 0 Å². The minimum atomic E-state index is -0.977. The molecular weight excluding hydrogens is 294 g/mol. The van der Waals surface area contributed by atoms with Gasteiger partial charge in [-0.2, -0.15) is 0 Å². The highest BCUT2D eigenvalue weighted by molar-refractivity contribution is 5.43. The van der Waals surface area contributed by atoms with Gasteiger partial charge in [-0.3, -0.25) is 0 Å². The molecule has 23 heavy (non-hydrogen) atoms. The first-order chi connectivity index (χ1) is 11.0. The van der Waals surface area contributed by atoms with Crippen LogP contribution in [0.2, 0.25) is 0 Å². The van der Waals surface area contributed by atoms with Crippen molar-refractivity contribution in [2.75, 3.05) is 19.8 Å². The maximum Gasteiger partial charge on any atom is 0.161 e. The fraction of sp³-hybridized carbons (Fsp3) is 0.444. The predicted octanol–water partition coefficient (Wildman–Crippen LogP) is 2.66. The average molecular weight is 317 g/mol. The van der Waals surface area contributed by atoms with Crippen LogP contribution in [-0.4, -0.2) is 24.9 Å². The van der Waals surface area contributed by atoms with Gasteiger partial charge in [-0.15, -0.1) is 0 Å². The number of ether oxygens (including phenoxy) is 2. The van der Waals surface area contributed by atoms with E-state index in [1.54, 1.807) is 6.92 Å². The summed E-state index contributed by atoms with van der Waals surface area (Å²) in [5.41, 5.74) is 0.935. The van der Waals surface area contributed by atoms with Crippen LogP contribution in [0.1, 0.15) is 29.6 Å². The van der Waals surface area contributed by atoms with Crippen LogP contribution < -0.4 is 14.8 Å². The minimum Gasteiger partial charge on any atom is -0.486 e. The zero-order chi connectivity index (χ0) is 16.4. The summed E-state index contributed by atoms with van der Waals surface area (Å²) < 4.78 is 16.6. The van der Waals surface area contributed by atoms with Crippen molar-refractivity contribution in [2.24, 2.45) is 0 Å². The van der Waals surface area contributed by atoms with Crippen LogP contribution in [0.3, 0.4) is 0 Å². The fourth-order valence-corrected chi connectivity index (χ4v) is 2.91. The van der Waals surface area contributed by atoms with E-state index in [1.807, 2.05) is 38.1 Å². The molecular formula is C18H23NO4. The SMILES string of the molecule is Cc1cc(C(C)(O)CNCc2ccc3c(c2)OCCO3)c(C)o1. The molecule has 0 bridgehead atoms. The van der Waals surface area contributed by atoms with Gasteiger partial charge in [-0.25, -0.2) is 0 Å². The maximum atomic E-state index is 10.7.